The van der Waals surface area contributed by atoms with Crippen LogP contribution >= 0.6 is 0 Å². The molecule has 0 fully saturated rings. The fourth-order valence-corrected chi connectivity index (χ4v) is 2.48. The Kier molecular flexibility index (Phi) is 4.21. The van der Waals surface area contributed by atoms with Crippen molar-refractivity contribution in [1.29, 1.82) is 5.26 Å². The minimum Gasteiger partial charge on any atom is -1.00 e. The Hall–Kier alpha value is -2.12. The van der Waals surface area contributed by atoms with Gasteiger partial charge in [0.1, 0.15) is 13.1 Å². The van der Waals surface area contributed by atoms with Gasteiger partial charge < -0.3 is 17.0 Å². The normalized spacial score (nSPS) is 12.6. The largest absolute Gasteiger partial charge is 1.00 e. The van der Waals surface area contributed by atoms with Gasteiger partial charge in [0.05, 0.1) is 17.2 Å². The van der Waals surface area contributed by atoms with E-state index in [1.807, 2.05) is 42.5 Å². The maximum Gasteiger partial charge on any atom is 0.275 e. The number of fused-ring (bicyclic) bond motifs is 1. The van der Waals surface area contributed by atoms with Crippen molar-refractivity contribution in [3.8, 4) is 6.07 Å². The lowest BCUT2D eigenvalue weighted by molar-refractivity contribution is -0.555. The Morgan fingerprint density at radius 1 is 1.10 bits per heavy atom. The van der Waals surface area contributed by atoms with Gasteiger partial charge in [0.25, 0.3) is 5.84 Å². The molecular formula is C16H14BrN3. The minimum absolute atomic E-state index is 0. The zero-order chi connectivity index (χ0) is 13.2. The first kappa shape index (κ1) is 14.3. The summed E-state index contributed by atoms with van der Waals surface area (Å²) in [7, 11) is 0. The highest BCUT2D eigenvalue weighted by Crippen LogP contribution is 2.19. The smallest absolute Gasteiger partial charge is 0.275 e. The van der Waals surface area contributed by atoms with Crippen LogP contribution in [0.25, 0.3) is 0 Å². The molecule has 1 aliphatic rings. The van der Waals surface area contributed by atoms with E-state index in [2.05, 4.69) is 16.7 Å². The number of rotatable bonds is 2. The molecule has 0 aliphatic carbocycles. The number of nitrogens with two attached hydrogens (primary N) is 1. The van der Waals surface area contributed by atoms with E-state index in [0.717, 1.165) is 23.5 Å². The van der Waals surface area contributed by atoms with Crippen molar-refractivity contribution in [3.63, 3.8) is 0 Å². The zero-order valence-electron chi connectivity index (χ0n) is 10.9. The lowest BCUT2D eigenvalue weighted by atomic mass is 10.1. The molecule has 1 aliphatic heterocycles. The molecule has 3 nitrogen and oxygen atoms in total. The number of halogens is 1. The van der Waals surface area contributed by atoms with Crippen molar-refractivity contribution < 1.29 is 21.6 Å². The van der Waals surface area contributed by atoms with E-state index in [9.17, 15) is 0 Å². The zero-order valence-corrected chi connectivity index (χ0v) is 12.5. The number of nitriles is 1. The molecular weight excluding hydrogens is 314 g/mol. The van der Waals surface area contributed by atoms with Crippen molar-refractivity contribution in [2.75, 3.05) is 0 Å². The van der Waals surface area contributed by atoms with Gasteiger partial charge in [0, 0.05) is 11.1 Å². The van der Waals surface area contributed by atoms with Gasteiger partial charge in [0.2, 0.25) is 0 Å². The summed E-state index contributed by atoms with van der Waals surface area (Å²) in [6, 6.07) is 18.1. The summed E-state index contributed by atoms with van der Waals surface area (Å²) in [5.41, 5.74) is 10.3. The van der Waals surface area contributed by atoms with Gasteiger partial charge in [-0.1, -0.05) is 36.4 Å². The van der Waals surface area contributed by atoms with Crippen LogP contribution in [0.1, 0.15) is 22.3 Å². The molecule has 0 bridgehead atoms. The maximum atomic E-state index is 9.13. The summed E-state index contributed by atoms with van der Waals surface area (Å²) < 4.78 is 2.11. The van der Waals surface area contributed by atoms with Crippen molar-refractivity contribution in [3.05, 3.63) is 70.8 Å². The first-order valence-corrected chi connectivity index (χ1v) is 6.23. The molecule has 2 aromatic carbocycles. The molecule has 0 atom stereocenters. The van der Waals surface area contributed by atoms with Crippen LogP contribution in [0.5, 0.6) is 0 Å². The molecule has 2 N–H and O–H groups in total. The summed E-state index contributed by atoms with van der Waals surface area (Å²) in [5.74, 6) is 0.795. The number of benzene rings is 2. The lowest BCUT2D eigenvalue weighted by Crippen LogP contribution is -3.00. The highest BCUT2D eigenvalue weighted by molar-refractivity contribution is 5.96. The molecule has 0 radical (unpaired) electrons. The highest BCUT2D eigenvalue weighted by atomic mass is 79.9. The summed E-state index contributed by atoms with van der Waals surface area (Å²) in [6.45, 7) is 1.48. The van der Waals surface area contributed by atoms with E-state index in [0.29, 0.717) is 12.1 Å². The summed E-state index contributed by atoms with van der Waals surface area (Å²) in [5, 5.41) is 9.13. The molecule has 0 aromatic heterocycles. The predicted octanol–water partition coefficient (Wildman–Crippen LogP) is -1.01. The fourth-order valence-electron chi connectivity index (χ4n) is 2.48. The lowest BCUT2D eigenvalue weighted by Gasteiger charge is -2.05. The maximum absolute atomic E-state index is 9.13. The van der Waals surface area contributed by atoms with Crippen LogP contribution < -0.4 is 22.7 Å². The molecule has 0 spiro atoms. The second-order valence-corrected chi connectivity index (χ2v) is 4.67. The molecule has 0 saturated carbocycles. The Morgan fingerprint density at radius 2 is 1.80 bits per heavy atom. The van der Waals surface area contributed by atoms with Gasteiger partial charge >= 0.3 is 0 Å². The van der Waals surface area contributed by atoms with Crippen molar-refractivity contribution in [2.24, 2.45) is 5.73 Å². The molecule has 4 heteroatoms. The third kappa shape index (κ3) is 2.45. The second-order valence-electron chi connectivity index (χ2n) is 4.67. The molecule has 20 heavy (non-hydrogen) atoms. The standard InChI is InChI=1S/C16H13N3.BrH/c17-9-12-5-1-2-6-13(12)10-19-11-14-7-3-4-8-15(14)16(19)18;/h1-8,18H,10-11H2;1H. The Morgan fingerprint density at radius 3 is 2.55 bits per heavy atom. The van der Waals surface area contributed by atoms with E-state index in [1.165, 1.54) is 5.56 Å². The van der Waals surface area contributed by atoms with Crippen LogP contribution in [-0.4, -0.2) is 10.4 Å². The molecule has 0 unspecified atom stereocenters. The molecule has 2 aromatic rings. The van der Waals surface area contributed by atoms with E-state index < -0.39 is 0 Å². The Labute approximate surface area is 128 Å². The van der Waals surface area contributed by atoms with Gasteiger partial charge in [-0.2, -0.15) is 5.26 Å². The van der Waals surface area contributed by atoms with Crippen molar-refractivity contribution >= 4 is 5.84 Å². The SMILES string of the molecule is N#Cc1ccccc1C[N+]1=C(N)c2ccccc2C1.[Br-]. The van der Waals surface area contributed by atoms with Gasteiger partial charge in [-0.15, -0.1) is 0 Å². The average Bonchev–Trinajstić information content (AvgIpc) is 2.77. The Balaban J connectivity index is 0.00000147. The van der Waals surface area contributed by atoms with Crippen molar-refractivity contribution in [2.45, 2.75) is 13.1 Å². The van der Waals surface area contributed by atoms with Crippen LogP contribution in [0, 0.1) is 11.3 Å². The monoisotopic (exact) mass is 327 g/mol. The van der Waals surface area contributed by atoms with Gasteiger partial charge in [-0.25, -0.2) is 0 Å². The van der Waals surface area contributed by atoms with Crippen LogP contribution in [0.3, 0.4) is 0 Å². The van der Waals surface area contributed by atoms with Crippen LogP contribution in [0.15, 0.2) is 48.5 Å². The molecule has 3 rings (SSSR count). The summed E-state index contributed by atoms with van der Waals surface area (Å²) in [6.07, 6.45) is 0. The van der Waals surface area contributed by atoms with Gasteiger partial charge in [0.15, 0.2) is 0 Å². The third-order valence-corrected chi connectivity index (χ3v) is 3.49. The number of amidine groups is 1. The first-order chi connectivity index (χ1) is 9.29. The molecule has 100 valence electrons. The summed E-state index contributed by atoms with van der Waals surface area (Å²) in [4.78, 5) is 0. The van der Waals surface area contributed by atoms with E-state index in [4.69, 9.17) is 11.0 Å². The number of nitrogens with zero attached hydrogens (tertiary/aromatic N) is 2. The van der Waals surface area contributed by atoms with Gasteiger partial charge in [-0.05, 0) is 12.1 Å². The van der Waals surface area contributed by atoms with Gasteiger partial charge in [-0.3, -0.25) is 10.3 Å². The first-order valence-electron chi connectivity index (χ1n) is 6.23. The third-order valence-electron chi connectivity index (χ3n) is 3.49. The quantitative estimate of drug-likeness (QED) is 0.719. The van der Waals surface area contributed by atoms with Crippen LogP contribution in [0.4, 0.5) is 0 Å². The topological polar surface area (TPSA) is 52.8 Å². The number of hydrogen-bond donors (Lipinski definition) is 1. The average molecular weight is 328 g/mol. The summed E-state index contributed by atoms with van der Waals surface area (Å²) >= 11 is 0. The predicted molar refractivity (Wildman–Crippen MR) is 73.6 cm³/mol. The van der Waals surface area contributed by atoms with Crippen LogP contribution in [0.2, 0.25) is 0 Å². The highest BCUT2D eigenvalue weighted by Gasteiger charge is 2.24. The van der Waals surface area contributed by atoms with E-state index >= 15 is 0 Å². The second kappa shape index (κ2) is 5.89. The Bertz CT molecular complexity index is 714. The number of hydrogen-bond acceptors (Lipinski definition) is 2. The molecule has 1 heterocycles. The van der Waals surface area contributed by atoms with Crippen LogP contribution in [-0.2, 0) is 13.1 Å². The van der Waals surface area contributed by atoms with E-state index in [-0.39, 0.29) is 17.0 Å². The minimum atomic E-state index is 0. The molecule has 0 amide bonds. The fraction of sp³-hybridized carbons (Fsp3) is 0.125. The van der Waals surface area contributed by atoms with Crippen molar-refractivity contribution in [1.82, 2.24) is 0 Å². The molecule has 0 saturated heterocycles. The van der Waals surface area contributed by atoms with E-state index in [1.54, 1.807) is 0 Å².